The van der Waals surface area contributed by atoms with Crippen molar-refractivity contribution in [1.29, 1.82) is 0 Å². The summed E-state index contributed by atoms with van der Waals surface area (Å²) in [6.45, 7) is 0. The molecule has 0 saturated carbocycles. The quantitative estimate of drug-likeness (QED) is 0.493. The van der Waals surface area contributed by atoms with Crippen LogP contribution in [0, 0.1) is 0 Å². The third kappa shape index (κ3) is 4.11. The van der Waals surface area contributed by atoms with Gasteiger partial charge in [0.2, 0.25) is 0 Å². The molecule has 0 radical (unpaired) electrons. The molecule has 0 bridgehead atoms. The highest BCUT2D eigenvalue weighted by molar-refractivity contribution is 7.14. The van der Waals surface area contributed by atoms with Gasteiger partial charge in [0, 0.05) is 10.4 Å². The first-order valence-electron chi connectivity index (χ1n) is 8.49. The summed E-state index contributed by atoms with van der Waals surface area (Å²) in [7, 11) is 1.29. The van der Waals surface area contributed by atoms with E-state index in [1.54, 1.807) is 0 Å². The Morgan fingerprint density at radius 3 is 2.31 bits per heavy atom. The normalized spacial score (nSPS) is 13.3. The Kier molecular flexibility index (Phi) is 5.68. The fraction of sp³-hybridized carbons (Fsp3) is 0.316. The Labute approximate surface area is 155 Å². The number of nitrogens with one attached hydrogen (secondary N) is 2. The minimum atomic E-state index is -0.470. The Bertz CT molecular complexity index is 803. The van der Waals surface area contributed by atoms with Crippen LogP contribution < -0.4 is 10.9 Å². The first-order chi connectivity index (χ1) is 12.6. The topological polar surface area (TPSA) is 84.5 Å². The molecule has 0 unspecified atom stereocenters. The van der Waals surface area contributed by atoms with Gasteiger partial charge in [-0.05, 0) is 61.6 Å². The molecule has 26 heavy (non-hydrogen) atoms. The highest BCUT2D eigenvalue weighted by Gasteiger charge is 2.17. The van der Waals surface area contributed by atoms with Crippen LogP contribution in [0.25, 0.3) is 0 Å². The van der Waals surface area contributed by atoms with Crippen LogP contribution in [0.3, 0.4) is 0 Å². The van der Waals surface area contributed by atoms with Gasteiger partial charge in [-0.2, -0.15) is 0 Å². The Balaban J connectivity index is 1.59. The van der Waals surface area contributed by atoms with Crippen molar-refractivity contribution in [2.45, 2.75) is 32.1 Å². The van der Waals surface area contributed by atoms with E-state index in [9.17, 15) is 14.4 Å². The van der Waals surface area contributed by atoms with Crippen molar-refractivity contribution in [3.8, 4) is 0 Å². The summed E-state index contributed by atoms with van der Waals surface area (Å²) < 4.78 is 4.61. The standard InChI is InChI=1S/C19H20N2O4S/c1-25-19(24)13-9-7-12(8-10-13)17(22)20-21-18(23)16-11-14-5-3-2-4-6-15(14)26-16/h7-11H,2-6H2,1H3,(H,20,22)(H,21,23). The molecule has 1 heterocycles. The van der Waals surface area contributed by atoms with Gasteiger partial charge >= 0.3 is 5.97 Å². The maximum atomic E-state index is 12.3. The second-order valence-electron chi connectivity index (χ2n) is 6.10. The van der Waals surface area contributed by atoms with Gasteiger partial charge in [-0.1, -0.05) is 6.42 Å². The molecule has 0 atom stereocenters. The van der Waals surface area contributed by atoms with Crippen LogP contribution in [0.5, 0.6) is 0 Å². The number of rotatable bonds is 3. The predicted octanol–water partition coefficient (Wildman–Crippen LogP) is 2.88. The summed E-state index contributed by atoms with van der Waals surface area (Å²) in [5.74, 6) is -1.24. The van der Waals surface area contributed by atoms with Gasteiger partial charge in [0.25, 0.3) is 11.8 Å². The average Bonchev–Trinajstić information content (AvgIpc) is 2.96. The van der Waals surface area contributed by atoms with Crippen molar-refractivity contribution in [3.63, 3.8) is 0 Å². The van der Waals surface area contributed by atoms with Crippen LogP contribution in [0.2, 0.25) is 0 Å². The van der Waals surface area contributed by atoms with Gasteiger partial charge in [0.1, 0.15) is 0 Å². The lowest BCUT2D eigenvalue weighted by Crippen LogP contribution is -2.41. The second kappa shape index (κ2) is 8.14. The first kappa shape index (κ1) is 18.1. The SMILES string of the molecule is COC(=O)c1ccc(C(=O)NNC(=O)c2cc3c(s2)CCCCC3)cc1. The smallest absolute Gasteiger partial charge is 0.337 e. The number of amides is 2. The minimum absolute atomic E-state index is 0.317. The second-order valence-corrected chi connectivity index (χ2v) is 7.23. The molecule has 1 aliphatic rings. The number of benzene rings is 1. The number of methoxy groups -OCH3 is 1. The molecule has 0 aliphatic heterocycles. The molecule has 0 saturated heterocycles. The zero-order valence-electron chi connectivity index (χ0n) is 14.5. The molecule has 7 heteroatoms. The van der Waals surface area contributed by atoms with Gasteiger partial charge in [-0.15, -0.1) is 11.3 Å². The number of hydrogen-bond donors (Lipinski definition) is 2. The average molecular weight is 372 g/mol. The summed E-state index contributed by atoms with van der Waals surface area (Å²) in [6.07, 6.45) is 5.58. The lowest BCUT2D eigenvalue weighted by molar-refractivity contribution is 0.0600. The van der Waals surface area contributed by atoms with E-state index in [1.165, 1.54) is 59.6 Å². The number of ether oxygens (including phenoxy) is 1. The van der Waals surface area contributed by atoms with E-state index in [0.717, 1.165) is 25.7 Å². The number of carbonyl (C=O) groups excluding carboxylic acids is 3. The molecule has 1 aliphatic carbocycles. The van der Waals surface area contributed by atoms with Crippen molar-refractivity contribution in [3.05, 3.63) is 56.8 Å². The predicted molar refractivity (Wildman–Crippen MR) is 98.3 cm³/mol. The van der Waals surface area contributed by atoms with Crippen LogP contribution in [-0.2, 0) is 17.6 Å². The monoisotopic (exact) mass is 372 g/mol. The third-order valence-corrected chi connectivity index (χ3v) is 5.56. The van der Waals surface area contributed by atoms with Crippen molar-refractivity contribution in [1.82, 2.24) is 10.9 Å². The summed E-state index contributed by atoms with van der Waals surface area (Å²) in [6, 6.07) is 7.93. The largest absolute Gasteiger partial charge is 0.465 e. The van der Waals surface area contributed by atoms with E-state index in [2.05, 4.69) is 15.6 Å². The molecule has 1 aromatic heterocycles. The molecule has 0 fully saturated rings. The fourth-order valence-electron chi connectivity index (χ4n) is 2.90. The number of aryl methyl sites for hydroxylation is 2. The highest BCUT2D eigenvalue weighted by Crippen LogP contribution is 2.28. The molecule has 2 amide bonds. The Hall–Kier alpha value is -2.67. The van der Waals surface area contributed by atoms with Crippen LogP contribution in [-0.4, -0.2) is 24.9 Å². The maximum absolute atomic E-state index is 12.3. The molecule has 6 nitrogen and oxygen atoms in total. The van der Waals surface area contributed by atoms with E-state index in [-0.39, 0.29) is 5.91 Å². The summed E-state index contributed by atoms with van der Waals surface area (Å²) in [4.78, 5) is 37.7. The minimum Gasteiger partial charge on any atom is -0.465 e. The van der Waals surface area contributed by atoms with Gasteiger partial charge < -0.3 is 4.74 Å². The van der Waals surface area contributed by atoms with Crippen molar-refractivity contribution < 1.29 is 19.1 Å². The van der Waals surface area contributed by atoms with Crippen molar-refractivity contribution in [2.24, 2.45) is 0 Å². The molecule has 136 valence electrons. The summed E-state index contributed by atoms with van der Waals surface area (Å²) in [5.41, 5.74) is 6.80. The van der Waals surface area contributed by atoms with E-state index >= 15 is 0 Å². The molecular weight excluding hydrogens is 352 g/mol. The Morgan fingerprint density at radius 1 is 0.923 bits per heavy atom. The van der Waals surface area contributed by atoms with Crippen LogP contribution >= 0.6 is 11.3 Å². The van der Waals surface area contributed by atoms with Gasteiger partial charge in [0.15, 0.2) is 0 Å². The van der Waals surface area contributed by atoms with Gasteiger partial charge in [-0.3, -0.25) is 20.4 Å². The number of fused-ring (bicyclic) bond motifs is 1. The highest BCUT2D eigenvalue weighted by atomic mass is 32.1. The van der Waals surface area contributed by atoms with Gasteiger partial charge in [-0.25, -0.2) is 4.79 Å². The molecule has 0 spiro atoms. The zero-order chi connectivity index (χ0) is 18.5. The molecule has 3 rings (SSSR count). The number of carbonyl (C=O) groups is 3. The van der Waals surface area contributed by atoms with Crippen LogP contribution in [0.4, 0.5) is 0 Å². The third-order valence-electron chi connectivity index (χ3n) is 4.33. The lowest BCUT2D eigenvalue weighted by Gasteiger charge is -2.07. The molecular formula is C19H20N2O4S. The first-order valence-corrected chi connectivity index (χ1v) is 9.31. The maximum Gasteiger partial charge on any atom is 0.337 e. The van der Waals surface area contributed by atoms with Gasteiger partial charge in [0.05, 0.1) is 17.6 Å². The van der Waals surface area contributed by atoms with E-state index in [0.29, 0.717) is 16.0 Å². The van der Waals surface area contributed by atoms with E-state index in [1.807, 2.05) is 6.07 Å². The van der Waals surface area contributed by atoms with Crippen molar-refractivity contribution >= 4 is 29.1 Å². The number of hydrogen-bond acceptors (Lipinski definition) is 5. The van der Waals surface area contributed by atoms with Crippen LogP contribution in [0.1, 0.15) is 60.1 Å². The molecule has 2 aromatic rings. The van der Waals surface area contributed by atoms with Crippen molar-refractivity contribution in [2.75, 3.05) is 7.11 Å². The van der Waals surface area contributed by atoms with E-state index < -0.39 is 11.9 Å². The number of thiophene rings is 1. The number of hydrazine groups is 1. The molecule has 1 aromatic carbocycles. The van der Waals surface area contributed by atoms with Crippen LogP contribution in [0.15, 0.2) is 30.3 Å². The van der Waals surface area contributed by atoms with E-state index in [4.69, 9.17) is 0 Å². The number of esters is 1. The lowest BCUT2D eigenvalue weighted by atomic mass is 10.1. The zero-order valence-corrected chi connectivity index (χ0v) is 15.3. The summed E-state index contributed by atoms with van der Waals surface area (Å²) in [5, 5.41) is 0. The fourth-order valence-corrected chi connectivity index (χ4v) is 4.05. The Morgan fingerprint density at radius 2 is 1.58 bits per heavy atom. The summed E-state index contributed by atoms with van der Waals surface area (Å²) >= 11 is 1.50. The molecule has 2 N–H and O–H groups in total.